The molecule has 3 aromatic rings. The standard InChI is InChI=1S/C23H20N4O3S/c1-14-7-8-16(20-24-9-4-10-25-20)17(11-14)22(29)27-15-12-31(13-15)23(27)21(28)26-18-5-2-3-6-19(18)30-31/h2-11,15,23H,12-13H2,1H3,(H,26,28). The van der Waals surface area contributed by atoms with Crippen LogP contribution in [0.3, 0.4) is 0 Å². The van der Waals surface area contributed by atoms with E-state index in [9.17, 15) is 9.59 Å². The third kappa shape index (κ3) is 2.68. The zero-order valence-corrected chi connectivity index (χ0v) is 17.6. The minimum atomic E-state index is -1.73. The molecule has 0 aliphatic carbocycles. The van der Waals surface area contributed by atoms with E-state index in [1.54, 1.807) is 23.4 Å². The lowest BCUT2D eigenvalue weighted by Crippen LogP contribution is -2.44. The Morgan fingerprint density at radius 3 is 2.71 bits per heavy atom. The molecule has 5 heterocycles. The van der Waals surface area contributed by atoms with Crippen LogP contribution in [0.15, 0.2) is 60.9 Å². The first kappa shape index (κ1) is 18.4. The monoisotopic (exact) mass is 432 g/mol. The summed E-state index contributed by atoms with van der Waals surface area (Å²) >= 11 is 0. The molecule has 7 nitrogen and oxygen atoms in total. The van der Waals surface area contributed by atoms with Crippen LogP contribution in [0, 0.1) is 6.92 Å². The SMILES string of the molecule is Cc1ccc(-c2ncccn2)c(C(=O)N2C3CS4(C3)Oc3ccccc3NC(=O)C24)c1. The number of carbonyl (C=O) groups is 2. The van der Waals surface area contributed by atoms with Gasteiger partial charge in [0.15, 0.2) is 16.9 Å². The van der Waals surface area contributed by atoms with Crippen molar-refractivity contribution < 1.29 is 13.8 Å². The molecule has 3 fully saturated rings. The number of benzene rings is 2. The Labute approximate surface area is 181 Å². The molecule has 1 atom stereocenters. The molecular formula is C23H20N4O3S. The van der Waals surface area contributed by atoms with Crippen molar-refractivity contribution >= 4 is 27.8 Å². The Bertz CT molecular complexity index is 1230. The minimum Gasteiger partial charge on any atom is -0.444 e. The number of para-hydroxylation sites is 2. The van der Waals surface area contributed by atoms with E-state index in [4.69, 9.17) is 4.18 Å². The highest BCUT2D eigenvalue weighted by atomic mass is 32.3. The fraction of sp³-hybridized carbons (Fsp3) is 0.217. The number of fused-ring (bicyclic) bond motifs is 1. The lowest BCUT2D eigenvalue weighted by molar-refractivity contribution is -0.117. The fourth-order valence-electron chi connectivity index (χ4n) is 4.67. The average Bonchev–Trinajstić information content (AvgIpc) is 3.21. The van der Waals surface area contributed by atoms with Gasteiger partial charge in [-0.15, -0.1) is 0 Å². The second-order valence-electron chi connectivity index (χ2n) is 8.11. The molecule has 8 heteroatoms. The van der Waals surface area contributed by atoms with Gasteiger partial charge in [0.1, 0.15) is 0 Å². The summed E-state index contributed by atoms with van der Waals surface area (Å²) in [7, 11) is -1.73. The Morgan fingerprint density at radius 1 is 1.13 bits per heavy atom. The van der Waals surface area contributed by atoms with Crippen LogP contribution in [-0.4, -0.2) is 49.6 Å². The summed E-state index contributed by atoms with van der Waals surface area (Å²) in [5.41, 5.74) is 2.81. The third-order valence-electron chi connectivity index (χ3n) is 6.07. The van der Waals surface area contributed by atoms with Crippen LogP contribution in [0.4, 0.5) is 5.69 Å². The van der Waals surface area contributed by atoms with Crippen molar-refractivity contribution in [3.05, 3.63) is 72.1 Å². The van der Waals surface area contributed by atoms with Crippen LogP contribution in [0.2, 0.25) is 0 Å². The Morgan fingerprint density at radius 2 is 1.90 bits per heavy atom. The molecule has 0 saturated carbocycles. The first-order valence-electron chi connectivity index (χ1n) is 10.1. The molecule has 1 aromatic heterocycles. The normalized spacial score (nSPS) is 27.5. The molecular weight excluding hydrogens is 412 g/mol. The quantitative estimate of drug-likeness (QED) is 0.671. The van der Waals surface area contributed by atoms with Crippen LogP contribution < -0.4 is 9.50 Å². The molecule has 7 rings (SSSR count). The van der Waals surface area contributed by atoms with Crippen molar-refractivity contribution in [1.29, 1.82) is 0 Å². The summed E-state index contributed by atoms with van der Waals surface area (Å²) < 4.78 is 6.44. The maximum absolute atomic E-state index is 13.9. The van der Waals surface area contributed by atoms with Crippen molar-refractivity contribution in [3.63, 3.8) is 0 Å². The molecule has 0 radical (unpaired) electrons. The topological polar surface area (TPSA) is 84.4 Å². The predicted molar refractivity (Wildman–Crippen MR) is 119 cm³/mol. The number of nitrogens with one attached hydrogen (secondary N) is 1. The van der Waals surface area contributed by atoms with Gasteiger partial charge in [0.2, 0.25) is 0 Å². The van der Waals surface area contributed by atoms with Crippen LogP contribution in [0.25, 0.3) is 11.4 Å². The largest absolute Gasteiger partial charge is 0.444 e. The first-order valence-corrected chi connectivity index (χ1v) is 12.1. The number of nitrogens with zero attached hydrogens (tertiary/aromatic N) is 3. The van der Waals surface area contributed by atoms with E-state index >= 15 is 0 Å². The van der Waals surface area contributed by atoms with E-state index in [1.165, 1.54) is 0 Å². The van der Waals surface area contributed by atoms with Crippen LogP contribution in [0.5, 0.6) is 5.75 Å². The summed E-state index contributed by atoms with van der Waals surface area (Å²) in [5.74, 6) is 2.31. The molecule has 1 N–H and O–H groups in total. The minimum absolute atomic E-state index is 0.00793. The van der Waals surface area contributed by atoms with E-state index in [0.717, 1.165) is 17.1 Å². The predicted octanol–water partition coefficient (Wildman–Crippen LogP) is 3.37. The van der Waals surface area contributed by atoms with Gasteiger partial charge in [0.05, 0.1) is 17.3 Å². The summed E-state index contributed by atoms with van der Waals surface area (Å²) in [6, 6.07) is 14.9. The van der Waals surface area contributed by atoms with Gasteiger partial charge in [-0.3, -0.25) is 9.59 Å². The molecule has 2 amide bonds. The second-order valence-corrected chi connectivity index (χ2v) is 11.1. The summed E-state index contributed by atoms with van der Waals surface area (Å²) in [4.78, 5) is 37.5. The summed E-state index contributed by atoms with van der Waals surface area (Å²) in [6.07, 6.45) is 3.32. The number of carbonyl (C=O) groups excluding carboxylic acids is 2. The molecule has 1 unspecified atom stereocenters. The van der Waals surface area contributed by atoms with Crippen molar-refractivity contribution in [2.24, 2.45) is 0 Å². The van der Waals surface area contributed by atoms with Gasteiger partial charge >= 0.3 is 0 Å². The van der Waals surface area contributed by atoms with Gasteiger partial charge < -0.3 is 14.4 Å². The molecule has 4 aliphatic rings. The van der Waals surface area contributed by atoms with E-state index < -0.39 is 15.7 Å². The maximum atomic E-state index is 13.9. The van der Waals surface area contributed by atoms with Crippen molar-refractivity contribution in [2.45, 2.75) is 18.3 Å². The summed E-state index contributed by atoms with van der Waals surface area (Å²) in [5, 5.41) is 2.38. The molecule has 4 aliphatic heterocycles. The number of hydrogen-bond donors (Lipinski definition) is 1. The van der Waals surface area contributed by atoms with Gasteiger partial charge in [0.25, 0.3) is 11.8 Å². The lowest BCUT2D eigenvalue weighted by Gasteiger charge is -2.42. The van der Waals surface area contributed by atoms with E-state index in [0.29, 0.717) is 28.4 Å². The number of hydrogen-bond acceptors (Lipinski definition) is 5. The molecule has 1 spiro atoms. The van der Waals surface area contributed by atoms with Gasteiger partial charge in [-0.25, -0.2) is 9.97 Å². The Kier molecular flexibility index (Phi) is 3.89. The third-order valence-corrected chi connectivity index (χ3v) is 9.74. The smallest absolute Gasteiger partial charge is 0.259 e. The van der Waals surface area contributed by atoms with E-state index in [2.05, 4.69) is 15.3 Å². The highest BCUT2D eigenvalue weighted by Crippen LogP contribution is 2.70. The summed E-state index contributed by atoms with van der Waals surface area (Å²) in [6.45, 7) is 1.95. The fourth-order valence-corrected chi connectivity index (χ4v) is 8.43. The zero-order chi connectivity index (χ0) is 21.2. The number of aromatic nitrogens is 2. The number of anilines is 1. The average molecular weight is 433 g/mol. The lowest BCUT2D eigenvalue weighted by atomic mass is 10.0. The maximum Gasteiger partial charge on any atom is 0.259 e. The highest BCUT2D eigenvalue weighted by Gasteiger charge is 2.66. The highest BCUT2D eigenvalue weighted by molar-refractivity contribution is 8.32. The second kappa shape index (κ2) is 6.55. The van der Waals surface area contributed by atoms with Crippen molar-refractivity contribution in [3.8, 4) is 17.1 Å². The zero-order valence-electron chi connectivity index (χ0n) is 16.8. The number of aryl methyl sites for hydroxylation is 1. The van der Waals surface area contributed by atoms with Crippen molar-refractivity contribution in [1.82, 2.24) is 14.9 Å². The molecule has 31 heavy (non-hydrogen) atoms. The van der Waals surface area contributed by atoms with E-state index in [1.807, 2.05) is 49.4 Å². The molecule has 156 valence electrons. The molecule has 3 saturated heterocycles. The number of amides is 2. The van der Waals surface area contributed by atoms with Crippen LogP contribution in [-0.2, 0) is 4.79 Å². The molecule has 2 aromatic carbocycles. The first-order chi connectivity index (χ1) is 15.1. The van der Waals surface area contributed by atoms with Gasteiger partial charge in [0, 0.05) is 29.5 Å². The Balaban J connectivity index is 1.42. The van der Waals surface area contributed by atoms with Crippen molar-refractivity contribution in [2.75, 3.05) is 16.8 Å². The van der Waals surface area contributed by atoms with Crippen LogP contribution in [0.1, 0.15) is 15.9 Å². The molecule has 2 bridgehead atoms. The van der Waals surface area contributed by atoms with Gasteiger partial charge in [-0.1, -0.05) is 40.1 Å². The van der Waals surface area contributed by atoms with Gasteiger partial charge in [-0.2, -0.15) is 0 Å². The number of rotatable bonds is 2. The van der Waals surface area contributed by atoms with Crippen LogP contribution >= 0.6 is 10.3 Å². The van der Waals surface area contributed by atoms with Gasteiger partial charge in [-0.05, 0) is 31.2 Å². The van der Waals surface area contributed by atoms with E-state index in [-0.39, 0.29) is 17.9 Å². The Hall–Kier alpha value is -3.39.